The highest BCUT2D eigenvalue weighted by molar-refractivity contribution is 5.05. The first kappa shape index (κ1) is 17.6. The van der Waals surface area contributed by atoms with Crippen LogP contribution in [-0.4, -0.2) is 17.4 Å². The number of rotatable bonds is 3. The van der Waals surface area contributed by atoms with E-state index in [1.807, 2.05) is 0 Å². The van der Waals surface area contributed by atoms with E-state index < -0.39 is 12.6 Å². The fourth-order valence-corrected chi connectivity index (χ4v) is 6.54. The van der Waals surface area contributed by atoms with Gasteiger partial charge in [-0.3, -0.25) is 0 Å². The molecule has 5 unspecified atom stereocenters. The second kappa shape index (κ2) is 6.24. The lowest BCUT2D eigenvalue weighted by Crippen LogP contribution is -2.48. The fourth-order valence-electron chi connectivity index (χ4n) is 6.54. The third-order valence-corrected chi connectivity index (χ3v) is 7.58. The van der Waals surface area contributed by atoms with E-state index in [0.29, 0.717) is 17.8 Å². The number of hydrogen-bond donors (Lipinski definition) is 1. The first-order valence-electron chi connectivity index (χ1n) is 9.51. The summed E-state index contributed by atoms with van der Waals surface area (Å²) in [7, 11) is 0. The molecule has 134 valence electrons. The minimum atomic E-state index is -4.03. The first-order chi connectivity index (χ1) is 10.8. The maximum Gasteiger partial charge on any atom is 0.389 e. The molecule has 0 amide bonds. The molecular weight excluding hydrogens is 301 g/mol. The van der Waals surface area contributed by atoms with E-state index in [9.17, 15) is 18.3 Å². The van der Waals surface area contributed by atoms with E-state index in [0.717, 1.165) is 51.4 Å². The monoisotopic (exact) mass is 332 g/mol. The van der Waals surface area contributed by atoms with Crippen molar-refractivity contribution in [3.8, 4) is 0 Å². The third-order valence-electron chi connectivity index (χ3n) is 7.58. The van der Waals surface area contributed by atoms with Crippen LogP contribution in [0.1, 0.15) is 71.6 Å². The van der Waals surface area contributed by atoms with Gasteiger partial charge in [-0.2, -0.15) is 13.2 Å². The Kier molecular flexibility index (Phi) is 4.76. The quantitative estimate of drug-likeness (QED) is 0.716. The lowest BCUT2D eigenvalue weighted by atomic mass is 9.51. The summed E-state index contributed by atoms with van der Waals surface area (Å²) in [5, 5.41) is 10.4. The van der Waals surface area contributed by atoms with Crippen LogP contribution in [0.25, 0.3) is 0 Å². The van der Waals surface area contributed by atoms with Crippen molar-refractivity contribution >= 4 is 0 Å². The second-order valence-corrected chi connectivity index (χ2v) is 8.68. The van der Waals surface area contributed by atoms with Gasteiger partial charge in [0.15, 0.2) is 0 Å². The van der Waals surface area contributed by atoms with Gasteiger partial charge in [0.1, 0.15) is 0 Å². The number of aliphatic hydroxyl groups excluding tert-OH is 1. The summed E-state index contributed by atoms with van der Waals surface area (Å²) >= 11 is 0. The highest BCUT2D eigenvalue weighted by Crippen LogP contribution is 2.62. The molecule has 1 N–H and O–H groups in total. The van der Waals surface area contributed by atoms with Crippen LogP contribution < -0.4 is 0 Å². The zero-order valence-corrected chi connectivity index (χ0v) is 14.4. The van der Waals surface area contributed by atoms with Crippen molar-refractivity contribution in [2.24, 2.45) is 35.0 Å². The van der Waals surface area contributed by atoms with Crippen LogP contribution in [0.3, 0.4) is 0 Å². The minimum absolute atomic E-state index is 0.0226. The molecule has 3 aliphatic carbocycles. The van der Waals surface area contributed by atoms with Gasteiger partial charge in [-0.1, -0.05) is 26.7 Å². The molecule has 7 atom stereocenters. The molecule has 3 fully saturated rings. The highest BCUT2D eigenvalue weighted by atomic mass is 19.4. The van der Waals surface area contributed by atoms with Crippen LogP contribution in [0.2, 0.25) is 0 Å². The summed E-state index contributed by atoms with van der Waals surface area (Å²) in [6.07, 6.45) is 2.74. The molecule has 4 heteroatoms. The van der Waals surface area contributed by atoms with Crippen LogP contribution in [0.5, 0.6) is 0 Å². The van der Waals surface area contributed by atoms with E-state index in [1.54, 1.807) is 0 Å². The molecule has 3 saturated carbocycles. The van der Waals surface area contributed by atoms with E-state index >= 15 is 0 Å². The van der Waals surface area contributed by atoms with Gasteiger partial charge in [-0.15, -0.1) is 0 Å². The molecule has 0 aliphatic heterocycles. The van der Waals surface area contributed by atoms with Gasteiger partial charge in [0, 0.05) is 6.42 Å². The molecule has 3 rings (SSSR count). The van der Waals surface area contributed by atoms with E-state index in [-0.39, 0.29) is 23.4 Å². The molecule has 0 aromatic heterocycles. The van der Waals surface area contributed by atoms with Crippen LogP contribution in [-0.2, 0) is 0 Å². The molecule has 0 radical (unpaired) electrons. The van der Waals surface area contributed by atoms with E-state index in [2.05, 4.69) is 13.8 Å². The van der Waals surface area contributed by atoms with Gasteiger partial charge >= 0.3 is 6.18 Å². The van der Waals surface area contributed by atoms with E-state index in [1.165, 1.54) is 0 Å². The fraction of sp³-hybridized carbons (Fsp3) is 1.00. The standard InChI is InChI=1S/C19H31F3O/c1-3-4-13-12(11-19(20,21)22)5-6-15-14(13)9-10-18(2)16(15)7-8-17(18)23/h12-17,23H,3-11H2,1-2H3/t12?,13?,14?,15-,16?,17?,18+/m1/s1. The Labute approximate surface area is 138 Å². The minimum Gasteiger partial charge on any atom is -0.393 e. The van der Waals surface area contributed by atoms with Crippen molar-refractivity contribution in [3.05, 3.63) is 0 Å². The maximum atomic E-state index is 13.0. The second-order valence-electron chi connectivity index (χ2n) is 8.68. The zero-order valence-electron chi connectivity index (χ0n) is 14.4. The molecular formula is C19H31F3O. The topological polar surface area (TPSA) is 20.2 Å². The van der Waals surface area contributed by atoms with Gasteiger partial charge in [0.05, 0.1) is 6.10 Å². The number of alkyl halides is 3. The highest BCUT2D eigenvalue weighted by Gasteiger charge is 2.56. The largest absolute Gasteiger partial charge is 0.393 e. The number of fused-ring (bicyclic) bond motifs is 3. The lowest BCUT2D eigenvalue weighted by molar-refractivity contribution is -0.161. The number of halogens is 3. The summed E-state index contributed by atoms with van der Waals surface area (Å²) < 4.78 is 38.9. The number of aliphatic hydroxyl groups is 1. The summed E-state index contributed by atoms with van der Waals surface area (Å²) in [5.41, 5.74) is 0.0226. The average molecular weight is 332 g/mol. The van der Waals surface area contributed by atoms with Crippen molar-refractivity contribution in [3.63, 3.8) is 0 Å². The molecule has 23 heavy (non-hydrogen) atoms. The van der Waals surface area contributed by atoms with Crippen LogP contribution in [0.4, 0.5) is 13.2 Å². The lowest BCUT2D eigenvalue weighted by Gasteiger charge is -2.54. The molecule has 0 bridgehead atoms. The van der Waals surface area contributed by atoms with Crippen LogP contribution >= 0.6 is 0 Å². The van der Waals surface area contributed by atoms with Gasteiger partial charge < -0.3 is 5.11 Å². The zero-order chi connectivity index (χ0) is 16.8. The Bertz CT molecular complexity index is 421. The molecule has 0 aromatic carbocycles. The Hall–Kier alpha value is -0.250. The molecule has 0 saturated heterocycles. The van der Waals surface area contributed by atoms with Crippen LogP contribution in [0.15, 0.2) is 0 Å². The predicted octanol–water partition coefficient (Wildman–Crippen LogP) is 5.57. The van der Waals surface area contributed by atoms with Crippen molar-refractivity contribution in [1.29, 1.82) is 0 Å². The smallest absolute Gasteiger partial charge is 0.389 e. The van der Waals surface area contributed by atoms with Crippen molar-refractivity contribution in [2.75, 3.05) is 0 Å². The summed E-state index contributed by atoms with van der Waals surface area (Å²) in [5.74, 6) is 1.60. The SMILES string of the molecule is CCCC1C(CC(F)(F)F)CC[C@@H]2C1CC[C@]1(C)C(O)CCC21. The van der Waals surface area contributed by atoms with Crippen molar-refractivity contribution in [1.82, 2.24) is 0 Å². The average Bonchev–Trinajstić information content (AvgIpc) is 2.76. The van der Waals surface area contributed by atoms with Crippen molar-refractivity contribution < 1.29 is 18.3 Å². The van der Waals surface area contributed by atoms with Gasteiger partial charge in [0.2, 0.25) is 0 Å². The Morgan fingerprint density at radius 1 is 1.04 bits per heavy atom. The molecule has 0 heterocycles. The summed E-state index contributed by atoms with van der Waals surface area (Å²) in [4.78, 5) is 0. The number of hydrogen-bond acceptors (Lipinski definition) is 1. The maximum absolute atomic E-state index is 13.0. The molecule has 1 nitrogen and oxygen atoms in total. The van der Waals surface area contributed by atoms with Gasteiger partial charge in [0.25, 0.3) is 0 Å². The molecule has 3 aliphatic rings. The third kappa shape index (κ3) is 3.17. The summed E-state index contributed by atoms with van der Waals surface area (Å²) in [6.45, 7) is 4.32. The Morgan fingerprint density at radius 3 is 2.43 bits per heavy atom. The van der Waals surface area contributed by atoms with E-state index in [4.69, 9.17) is 0 Å². The van der Waals surface area contributed by atoms with Gasteiger partial charge in [-0.25, -0.2) is 0 Å². The molecule has 0 spiro atoms. The predicted molar refractivity (Wildman–Crippen MR) is 84.8 cm³/mol. The van der Waals surface area contributed by atoms with Crippen LogP contribution in [0, 0.1) is 35.0 Å². The molecule has 0 aromatic rings. The normalized spacial score (nSPS) is 47.2. The summed E-state index contributed by atoms with van der Waals surface area (Å²) in [6, 6.07) is 0. The van der Waals surface area contributed by atoms with Gasteiger partial charge in [-0.05, 0) is 73.5 Å². The Balaban J connectivity index is 1.79. The Morgan fingerprint density at radius 2 is 1.78 bits per heavy atom. The van der Waals surface area contributed by atoms with Crippen molar-refractivity contribution in [2.45, 2.75) is 83.9 Å². The first-order valence-corrected chi connectivity index (χ1v) is 9.51.